The SMILES string of the molecule is CCC(C)(C)CCOC(C)(CC)NC(=O)C(C)C. The highest BCUT2D eigenvalue weighted by molar-refractivity contribution is 5.78. The van der Waals surface area contributed by atoms with Gasteiger partial charge in [-0.15, -0.1) is 0 Å². The van der Waals surface area contributed by atoms with Gasteiger partial charge in [-0.25, -0.2) is 0 Å². The van der Waals surface area contributed by atoms with Crippen molar-refractivity contribution in [2.75, 3.05) is 6.61 Å². The van der Waals surface area contributed by atoms with E-state index in [1.165, 1.54) is 0 Å². The second-order valence-electron chi connectivity index (χ2n) is 6.34. The summed E-state index contributed by atoms with van der Waals surface area (Å²) in [6.45, 7) is 15.1. The maximum absolute atomic E-state index is 11.7. The zero-order valence-electron chi connectivity index (χ0n) is 13.2. The van der Waals surface area contributed by atoms with Crippen LogP contribution in [0.2, 0.25) is 0 Å². The van der Waals surface area contributed by atoms with E-state index >= 15 is 0 Å². The summed E-state index contributed by atoms with van der Waals surface area (Å²) < 4.78 is 5.91. The molecule has 0 aliphatic carbocycles. The van der Waals surface area contributed by atoms with Crippen molar-refractivity contribution in [1.82, 2.24) is 5.32 Å². The lowest BCUT2D eigenvalue weighted by Gasteiger charge is -2.32. The van der Waals surface area contributed by atoms with Crippen LogP contribution in [0.4, 0.5) is 0 Å². The molecule has 0 bridgehead atoms. The number of carbonyl (C=O) groups excluding carboxylic acids is 1. The lowest BCUT2D eigenvalue weighted by molar-refractivity contribution is -0.136. The monoisotopic (exact) mass is 257 g/mol. The van der Waals surface area contributed by atoms with Crippen molar-refractivity contribution in [3.05, 3.63) is 0 Å². The minimum Gasteiger partial charge on any atom is -0.356 e. The molecule has 0 aromatic rings. The molecule has 0 heterocycles. The lowest BCUT2D eigenvalue weighted by Crippen LogP contribution is -2.49. The van der Waals surface area contributed by atoms with E-state index in [1.54, 1.807) is 0 Å². The van der Waals surface area contributed by atoms with Crippen molar-refractivity contribution in [1.29, 1.82) is 0 Å². The number of ether oxygens (including phenoxy) is 1. The van der Waals surface area contributed by atoms with E-state index in [-0.39, 0.29) is 11.8 Å². The highest BCUT2D eigenvalue weighted by Crippen LogP contribution is 2.25. The zero-order chi connectivity index (χ0) is 14.4. The Bertz CT molecular complexity index is 261. The quantitative estimate of drug-likeness (QED) is 0.673. The topological polar surface area (TPSA) is 38.3 Å². The molecule has 0 radical (unpaired) electrons. The first-order valence-electron chi connectivity index (χ1n) is 7.12. The van der Waals surface area contributed by atoms with Crippen molar-refractivity contribution in [2.45, 2.75) is 73.5 Å². The third-order valence-electron chi connectivity index (χ3n) is 3.74. The lowest BCUT2D eigenvalue weighted by atomic mass is 9.87. The fourth-order valence-corrected chi connectivity index (χ4v) is 1.36. The molecule has 0 rings (SSSR count). The Hall–Kier alpha value is -0.570. The third-order valence-corrected chi connectivity index (χ3v) is 3.74. The summed E-state index contributed by atoms with van der Waals surface area (Å²) in [4.78, 5) is 11.7. The van der Waals surface area contributed by atoms with E-state index in [0.717, 1.165) is 19.3 Å². The van der Waals surface area contributed by atoms with Crippen LogP contribution in [-0.2, 0) is 9.53 Å². The summed E-state index contributed by atoms with van der Waals surface area (Å²) in [5.74, 6) is 0.0423. The Morgan fingerprint density at radius 3 is 2.11 bits per heavy atom. The average molecular weight is 257 g/mol. The van der Waals surface area contributed by atoms with Crippen LogP contribution in [0.25, 0.3) is 0 Å². The van der Waals surface area contributed by atoms with Crippen LogP contribution in [0.1, 0.15) is 67.7 Å². The van der Waals surface area contributed by atoms with Crippen molar-refractivity contribution in [3.8, 4) is 0 Å². The van der Waals surface area contributed by atoms with Gasteiger partial charge in [-0.1, -0.05) is 48.0 Å². The van der Waals surface area contributed by atoms with Gasteiger partial charge in [-0.05, 0) is 25.2 Å². The van der Waals surface area contributed by atoms with Gasteiger partial charge in [0.25, 0.3) is 0 Å². The normalized spacial score (nSPS) is 15.6. The molecule has 3 heteroatoms. The van der Waals surface area contributed by atoms with Gasteiger partial charge in [0.2, 0.25) is 5.91 Å². The Labute approximate surface area is 113 Å². The van der Waals surface area contributed by atoms with Gasteiger partial charge in [0, 0.05) is 12.5 Å². The van der Waals surface area contributed by atoms with Gasteiger partial charge in [-0.3, -0.25) is 4.79 Å². The highest BCUT2D eigenvalue weighted by atomic mass is 16.5. The molecule has 0 aromatic carbocycles. The number of hydrogen-bond donors (Lipinski definition) is 1. The van der Waals surface area contributed by atoms with E-state index in [0.29, 0.717) is 12.0 Å². The highest BCUT2D eigenvalue weighted by Gasteiger charge is 2.27. The van der Waals surface area contributed by atoms with Crippen LogP contribution >= 0.6 is 0 Å². The number of carbonyl (C=O) groups is 1. The molecule has 1 amide bonds. The predicted octanol–water partition coefficient (Wildman–Crippen LogP) is 3.73. The first-order valence-corrected chi connectivity index (χ1v) is 7.12. The van der Waals surface area contributed by atoms with Gasteiger partial charge in [-0.2, -0.15) is 0 Å². The Kier molecular flexibility index (Phi) is 6.90. The number of rotatable bonds is 8. The van der Waals surface area contributed by atoms with Gasteiger partial charge in [0.1, 0.15) is 5.72 Å². The Morgan fingerprint density at radius 2 is 1.72 bits per heavy atom. The average Bonchev–Trinajstić information content (AvgIpc) is 2.28. The van der Waals surface area contributed by atoms with Crippen LogP contribution in [-0.4, -0.2) is 18.2 Å². The molecule has 0 aliphatic rings. The Balaban J connectivity index is 4.28. The van der Waals surface area contributed by atoms with E-state index in [9.17, 15) is 4.79 Å². The van der Waals surface area contributed by atoms with E-state index in [4.69, 9.17) is 4.74 Å². The molecule has 18 heavy (non-hydrogen) atoms. The standard InChI is InChI=1S/C15H31NO2/c1-8-14(5,6)10-11-18-15(7,9-2)16-13(17)12(3)4/h12H,8-11H2,1-7H3,(H,16,17). The predicted molar refractivity (Wildman–Crippen MR) is 76.3 cm³/mol. The fraction of sp³-hybridized carbons (Fsp3) is 0.933. The van der Waals surface area contributed by atoms with Crippen LogP contribution < -0.4 is 5.32 Å². The summed E-state index contributed by atoms with van der Waals surface area (Å²) in [7, 11) is 0. The fourth-order valence-electron chi connectivity index (χ4n) is 1.36. The molecule has 0 saturated heterocycles. The van der Waals surface area contributed by atoms with Gasteiger partial charge >= 0.3 is 0 Å². The minimum atomic E-state index is -0.537. The zero-order valence-corrected chi connectivity index (χ0v) is 13.2. The molecule has 108 valence electrons. The first-order chi connectivity index (χ1) is 8.16. The van der Waals surface area contributed by atoms with E-state index < -0.39 is 5.72 Å². The van der Waals surface area contributed by atoms with Crippen molar-refractivity contribution in [3.63, 3.8) is 0 Å². The molecular weight excluding hydrogens is 226 g/mol. The second-order valence-corrected chi connectivity index (χ2v) is 6.34. The molecular formula is C15H31NO2. The van der Waals surface area contributed by atoms with Gasteiger partial charge in [0.05, 0.1) is 0 Å². The number of amides is 1. The molecule has 1 atom stereocenters. The van der Waals surface area contributed by atoms with E-state index in [1.807, 2.05) is 27.7 Å². The summed E-state index contributed by atoms with van der Waals surface area (Å²) >= 11 is 0. The van der Waals surface area contributed by atoms with Gasteiger partial charge in [0.15, 0.2) is 0 Å². The Morgan fingerprint density at radius 1 is 1.17 bits per heavy atom. The van der Waals surface area contributed by atoms with Crippen molar-refractivity contribution in [2.24, 2.45) is 11.3 Å². The summed E-state index contributed by atoms with van der Waals surface area (Å²) in [5.41, 5.74) is -0.234. The molecule has 1 N–H and O–H groups in total. The molecule has 1 unspecified atom stereocenters. The molecule has 0 spiro atoms. The third kappa shape index (κ3) is 6.39. The number of nitrogens with one attached hydrogen (secondary N) is 1. The second kappa shape index (κ2) is 7.13. The minimum absolute atomic E-state index is 0.00782. The smallest absolute Gasteiger partial charge is 0.224 e. The summed E-state index contributed by atoms with van der Waals surface area (Å²) in [6, 6.07) is 0. The van der Waals surface area contributed by atoms with Crippen LogP contribution in [0.3, 0.4) is 0 Å². The molecule has 3 nitrogen and oxygen atoms in total. The summed E-state index contributed by atoms with van der Waals surface area (Å²) in [5, 5.41) is 2.99. The van der Waals surface area contributed by atoms with Crippen LogP contribution in [0.15, 0.2) is 0 Å². The largest absolute Gasteiger partial charge is 0.356 e. The maximum Gasteiger partial charge on any atom is 0.224 e. The molecule has 0 aliphatic heterocycles. The molecule has 0 fully saturated rings. The van der Waals surface area contributed by atoms with E-state index in [2.05, 4.69) is 26.1 Å². The maximum atomic E-state index is 11.7. The molecule has 0 aromatic heterocycles. The van der Waals surface area contributed by atoms with Crippen molar-refractivity contribution >= 4 is 5.91 Å². The van der Waals surface area contributed by atoms with Gasteiger partial charge < -0.3 is 10.1 Å². The van der Waals surface area contributed by atoms with Crippen molar-refractivity contribution < 1.29 is 9.53 Å². The summed E-state index contributed by atoms with van der Waals surface area (Å²) in [6.07, 6.45) is 2.92. The number of hydrogen-bond acceptors (Lipinski definition) is 2. The van der Waals surface area contributed by atoms with Crippen LogP contribution in [0, 0.1) is 11.3 Å². The molecule has 0 saturated carbocycles. The first kappa shape index (κ1) is 17.4. The van der Waals surface area contributed by atoms with Crippen LogP contribution in [0.5, 0.6) is 0 Å².